The molecule has 0 amide bonds. The van der Waals surface area contributed by atoms with E-state index in [1.54, 1.807) is 0 Å². The molecule has 0 fully saturated rings. The van der Waals surface area contributed by atoms with Crippen LogP contribution in [0.25, 0.3) is 0 Å². The van der Waals surface area contributed by atoms with Crippen LogP contribution in [0.3, 0.4) is 0 Å². The van der Waals surface area contributed by atoms with E-state index in [0.29, 0.717) is 0 Å². The fourth-order valence-electron chi connectivity index (χ4n) is 1.65. The minimum Gasteiger partial charge on any atom is -0.150 e. The van der Waals surface area contributed by atoms with Crippen molar-refractivity contribution >= 4 is 29.6 Å². The quantitative estimate of drug-likeness (QED) is 0.204. The molecule has 0 spiro atoms. The largest absolute Gasteiger partial charge is 0.237 e. The topological polar surface area (TPSA) is 0 Å². The first-order valence-electron chi connectivity index (χ1n) is 6.16. The van der Waals surface area contributed by atoms with Gasteiger partial charge in [-0.3, -0.25) is 0 Å². The Balaban J connectivity index is 2.89. The maximum Gasteiger partial charge on any atom is 0.237 e. The summed E-state index contributed by atoms with van der Waals surface area (Å²) < 4.78 is 0. The van der Waals surface area contributed by atoms with Gasteiger partial charge < -0.3 is 0 Å². The average Bonchev–Trinajstić information content (AvgIpc) is 2.20. The lowest BCUT2D eigenvalue weighted by Crippen LogP contribution is -1.91. The van der Waals surface area contributed by atoms with E-state index in [2.05, 4.69) is 6.58 Å². The molecule has 0 radical (unpaired) electrons. The molecule has 0 bridgehead atoms. The minimum absolute atomic E-state index is 1.09. The second-order valence-electron chi connectivity index (χ2n) is 4.09. The summed E-state index contributed by atoms with van der Waals surface area (Å²) in [4.78, 5) is 0. The molecule has 0 heterocycles. The predicted molar refractivity (Wildman–Crippen MR) is 75.4 cm³/mol. The lowest BCUT2D eigenvalue weighted by molar-refractivity contribution is 0.577. The monoisotopic (exact) mass is 266 g/mol. The lowest BCUT2D eigenvalue weighted by atomic mass is 10.1. The van der Waals surface area contributed by atoms with Crippen molar-refractivity contribution in [3.8, 4) is 0 Å². The van der Waals surface area contributed by atoms with Crippen LogP contribution in [-0.2, 0) is 0 Å². The van der Waals surface area contributed by atoms with Gasteiger partial charge in [-0.25, -0.2) is 0 Å². The summed E-state index contributed by atoms with van der Waals surface area (Å²) in [5.74, 6) is 0. The van der Waals surface area contributed by atoms with E-state index in [0.717, 1.165) is 6.04 Å². The molecule has 0 aliphatic rings. The highest BCUT2D eigenvalue weighted by Gasteiger charge is 2.00. The third-order valence-corrected chi connectivity index (χ3v) is 4.73. The highest BCUT2D eigenvalue weighted by molar-refractivity contribution is 7.33. The van der Waals surface area contributed by atoms with E-state index in [9.17, 15) is 0 Å². The van der Waals surface area contributed by atoms with Crippen molar-refractivity contribution in [2.45, 2.75) is 63.8 Å². The van der Waals surface area contributed by atoms with Crippen LogP contribution in [0, 0.1) is 0 Å². The Morgan fingerprint density at radius 3 is 1.73 bits per heavy atom. The Labute approximate surface area is 106 Å². The third-order valence-electron chi connectivity index (χ3n) is 2.58. The first-order valence-corrected chi connectivity index (χ1v) is 10.5. The summed E-state index contributed by atoms with van der Waals surface area (Å²) in [5.41, 5.74) is 0. The molecule has 3 heteroatoms. The standard InChI is InChI=1S/C12H24Cl2Si/c1-2-3-4-5-6-7-8-9-10-11-12-15(13)14/h2,15H,1,3-12H2. The van der Waals surface area contributed by atoms with Crippen LogP contribution in [0.2, 0.25) is 6.04 Å². The molecule has 0 nitrogen and oxygen atoms in total. The van der Waals surface area contributed by atoms with E-state index in [1.807, 2.05) is 6.08 Å². The molecule has 0 aromatic carbocycles. The van der Waals surface area contributed by atoms with E-state index in [-0.39, 0.29) is 0 Å². The van der Waals surface area contributed by atoms with Gasteiger partial charge in [-0.05, 0) is 18.9 Å². The Hall–Kier alpha value is 0.537. The molecule has 0 aliphatic carbocycles. The van der Waals surface area contributed by atoms with Gasteiger partial charge in [0, 0.05) is 0 Å². The molecule has 0 rings (SSSR count). The van der Waals surface area contributed by atoms with E-state index in [4.69, 9.17) is 22.2 Å². The Bertz CT molecular complexity index is 138. The second kappa shape index (κ2) is 12.6. The van der Waals surface area contributed by atoms with Gasteiger partial charge in [-0.2, -0.15) is 22.2 Å². The molecule has 0 unspecified atom stereocenters. The summed E-state index contributed by atoms with van der Waals surface area (Å²) in [6.07, 6.45) is 13.9. The third kappa shape index (κ3) is 14.5. The molecule has 0 aromatic rings. The van der Waals surface area contributed by atoms with Crippen molar-refractivity contribution in [2.24, 2.45) is 0 Å². The van der Waals surface area contributed by atoms with Crippen LogP contribution in [-0.4, -0.2) is 7.42 Å². The highest BCUT2D eigenvalue weighted by atomic mass is 35.7. The van der Waals surface area contributed by atoms with Gasteiger partial charge in [-0.1, -0.05) is 51.0 Å². The molecule has 15 heavy (non-hydrogen) atoms. The fraction of sp³-hybridized carbons (Fsp3) is 0.833. The second-order valence-corrected chi connectivity index (χ2v) is 9.28. The molecule has 0 atom stereocenters. The van der Waals surface area contributed by atoms with Crippen molar-refractivity contribution in [2.75, 3.05) is 0 Å². The van der Waals surface area contributed by atoms with Crippen LogP contribution in [0.5, 0.6) is 0 Å². The molecule has 0 N–H and O–H groups in total. The van der Waals surface area contributed by atoms with Gasteiger partial charge >= 0.3 is 0 Å². The first kappa shape index (κ1) is 15.5. The van der Waals surface area contributed by atoms with Crippen LogP contribution >= 0.6 is 22.2 Å². The van der Waals surface area contributed by atoms with E-state index >= 15 is 0 Å². The van der Waals surface area contributed by atoms with Crippen molar-refractivity contribution < 1.29 is 0 Å². The molecule has 90 valence electrons. The van der Waals surface area contributed by atoms with Gasteiger partial charge in [0.05, 0.1) is 0 Å². The highest BCUT2D eigenvalue weighted by Crippen LogP contribution is 2.13. The summed E-state index contributed by atoms with van der Waals surface area (Å²) in [5, 5.41) is 0. The molecular weight excluding hydrogens is 243 g/mol. The van der Waals surface area contributed by atoms with Crippen LogP contribution in [0.15, 0.2) is 12.7 Å². The van der Waals surface area contributed by atoms with E-state index in [1.165, 1.54) is 57.8 Å². The average molecular weight is 267 g/mol. The number of rotatable bonds is 11. The van der Waals surface area contributed by atoms with Crippen molar-refractivity contribution in [1.82, 2.24) is 0 Å². The number of hydrogen-bond acceptors (Lipinski definition) is 0. The van der Waals surface area contributed by atoms with Crippen molar-refractivity contribution in [3.63, 3.8) is 0 Å². The Morgan fingerprint density at radius 1 is 0.800 bits per heavy atom. The normalized spacial score (nSPS) is 10.9. The van der Waals surface area contributed by atoms with Crippen LogP contribution < -0.4 is 0 Å². The maximum absolute atomic E-state index is 5.79. The van der Waals surface area contributed by atoms with Gasteiger partial charge in [-0.15, -0.1) is 6.58 Å². The Morgan fingerprint density at radius 2 is 1.27 bits per heavy atom. The molecule has 0 saturated heterocycles. The fourth-order valence-corrected chi connectivity index (χ4v) is 3.17. The van der Waals surface area contributed by atoms with Crippen LogP contribution in [0.4, 0.5) is 0 Å². The molecule has 0 saturated carbocycles. The van der Waals surface area contributed by atoms with Crippen molar-refractivity contribution in [3.05, 3.63) is 12.7 Å². The smallest absolute Gasteiger partial charge is 0.150 e. The van der Waals surface area contributed by atoms with E-state index < -0.39 is 7.42 Å². The van der Waals surface area contributed by atoms with Gasteiger partial charge in [0.15, 0.2) is 0 Å². The zero-order chi connectivity index (χ0) is 11.4. The van der Waals surface area contributed by atoms with Gasteiger partial charge in [0.1, 0.15) is 0 Å². The SMILES string of the molecule is C=CCCCCCCCCCC[SiH](Cl)Cl. The summed E-state index contributed by atoms with van der Waals surface area (Å²) in [6.45, 7) is 3.72. The van der Waals surface area contributed by atoms with Gasteiger partial charge in [0.2, 0.25) is 7.42 Å². The number of hydrogen-bond donors (Lipinski definition) is 0. The van der Waals surface area contributed by atoms with Gasteiger partial charge in [0.25, 0.3) is 0 Å². The molecular formula is C12H24Cl2Si. The molecule has 0 aromatic heterocycles. The molecule has 0 aliphatic heterocycles. The number of unbranched alkanes of at least 4 members (excludes halogenated alkanes) is 8. The summed E-state index contributed by atoms with van der Waals surface area (Å²) in [7, 11) is -1.31. The summed E-state index contributed by atoms with van der Waals surface area (Å²) >= 11 is 11.6. The van der Waals surface area contributed by atoms with Crippen molar-refractivity contribution in [1.29, 1.82) is 0 Å². The first-order chi connectivity index (χ1) is 7.27. The zero-order valence-electron chi connectivity index (χ0n) is 9.69. The minimum atomic E-state index is -1.31. The predicted octanol–water partition coefficient (Wildman–Crippen LogP) is 5.38. The number of halogens is 2. The maximum atomic E-state index is 5.79. The number of allylic oxidation sites excluding steroid dienone is 1. The zero-order valence-corrected chi connectivity index (χ0v) is 12.4. The van der Waals surface area contributed by atoms with Crippen LogP contribution in [0.1, 0.15) is 57.8 Å². The lowest BCUT2D eigenvalue weighted by Gasteiger charge is -2.01. The Kier molecular flexibility index (Phi) is 13.1. The summed E-state index contributed by atoms with van der Waals surface area (Å²) in [6, 6.07) is 1.09.